The van der Waals surface area contributed by atoms with Crippen molar-refractivity contribution in [3.8, 4) is 5.75 Å². The van der Waals surface area contributed by atoms with E-state index < -0.39 is 0 Å². The summed E-state index contributed by atoms with van der Waals surface area (Å²) < 4.78 is 0. The number of phenolic OH excluding ortho intramolecular Hbond substituents is 1. The van der Waals surface area contributed by atoms with Gasteiger partial charge in [-0.3, -0.25) is 9.59 Å². The Morgan fingerprint density at radius 3 is 2.27 bits per heavy atom. The highest BCUT2D eigenvalue weighted by Crippen LogP contribution is 2.45. The molecule has 0 unspecified atom stereocenters. The number of hydrogen-bond acceptors (Lipinski definition) is 4. The summed E-state index contributed by atoms with van der Waals surface area (Å²) in [5, 5.41) is 14.4. The molecule has 37 heavy (non-hydrogen) atoms. The number of halogens is 1. The summed E-state index contributed by atoms with van der Waals surface area (Å²) in [5.41, 5.74) is 10.7. The topological polar surface area (TPSA) is 86.9 Å². The van der Waals surface area contributed by atoms with Crippen molar-refractivity contribution in [3.63, 3.8) is 0 Å². The Morgan fingerprint density at radius 2 is 1.54 bits per heavy atom. The Bertz CT molecular complexity index is 1570. The van der Waals surface area contributed by atoms with Crippen molar-refractivity contribution in [2.45, 2.75) is 31.6 Å². The van der Waals surface area contributed by atoms with Crippen LogP contribution >= 0.6 is 11.6 Å². The average Bonchev–Trinajstić information content (AvgIpc) is 3.51. The molecule has 0 aliphatic carbocycles. The van der Waals surface area contributed by atoms with Gasteiger partial charge >= 0.3 is 0 Å². The van der Waals surface area contributed by atoms with E-state index in [1.807, 2.05) is 53.4 Å². The van der Waals surface area contributed by atoms with Gasteiger partial charge in [-0.2, -0.15) is 0 Å². The Morgan fingerprint density at radius 1 is 0.892 bits per heavy atom. The van der Waals surface area contributed by atoms with Crippen LogP contribution in [0.2, 0.25) is 0 Å². The van der Waals surface area contributed by atoms with Gasteiger partial charge in [-0.1, -0.05) is 48.5 Å². The van der Waals surface area contributed by atoms with Crippen LogP contribution in [0, 0.1) is 0 Å². The second kappa shape index (κ2) is 9.27. The van der Waals surface area contributed by atoms with E-state index in [0.717, 1.165) is 44.8 Å². The van der Waals surface area contributed by atoms with E-state index >= 15 is 0 Å². The molecule has 0 spiro atoms. The third-order valence-electron chi connectivity index (χ3n) is 7.76. The monoisotopic (exact) mass is 513 g/mol. The van der Waals surface area contributed by atoms with Crippen molar-refractivity contribution in [1.29, 1.82) is 0 Å². The lowest BCUT2D eigenvalue weighted by molar-refractivity contribution is -0.119. The first-order valence-corrected chi connectivity index (χ1v) is 13.2. The molecule has 0 fully saturated rings. The zero-order valence-electron chi connectivity index (χ0n) is 20.4. The number of alkyl halides is 1. The summed E-state index contributed by atoms with van der Waals surface area (Å²) in [7, 11) is 0. The Balaban J connectivity index is 1.17. The van der Waals surface area contributed by atoms with Crippen LogP contribution in [-0.4, -0.2) is 35.9 Å². The minimum atomic E-state index is -0.0617. The van der Waals surface area contributed by atoms with Crippen LogP contribution in [0.5, 0.6) is 5.75 Å². The molecule has 0 aromatic heterocycles. The molecule has 6 nitrogen and oxygen atoms in total. The number of nitrogens with two attached hydrogens (primary N) is 1. The molecule has 7 heteroatoms. The molecule has 3 N–H and O–H groups in total. The number of nitrogen functional groups attached to an aromatic ring is 1. The van der Waals surface area contributed by atoms with Gasteiger partial charge in [0.15, 0.2) is 0 Å². The summed E-state index contributed by atoms with van der Waals surface area (Å²) in [6.07, 6.45) is 1.76. The Kier molecular flexibility index (Phi) is 5.92. The minimum absolute atomic E-state index is 0.00493. The lowest BCUT2D eigenvalue weighted by Crippen LogP contribution is -2.31. The first-order valence-electron chi connectivity index (χ1n) is 12.7. The molecule has 4 aromatic carbocycles. The van der Waals surface area contributed by atoms with E-state index in [4.69, 9.17) is 17.3 Å². The van der Waals surface area contributed by atoms with Crippen LogP contribution in [0.25, 0.3) is 21.5 Å². The predicted octanol–water partition coefficient (Wildman–Crippen LogP) is 5.71. The van der Waals surface area contributed by atoms with Gasteiger partial charge in [0.05, 0.1) is 5.69 Å². The molecule has 2 aliphatic rings. The number of carbonyl (C=O) groups is 2. The molecular weight excluding hydrogens is 486 g/mol. The molecule has 188 valence electrons. The molecular formula is C30H28ClN3O3. The van der Waals surface area contributed by atoms with Crippen molar-refractivity contribution in [2.75, 3.05) is 34.5 Å². The van der Waals surface area contributed by atoms with Gasteiger partial charge in [0.2, 0.25) is 11.8 Å². The molecule has 2 amide bonds. The maximum Gasteiger partial charge on any atom is 0.227 e. The molecule has 0 bridgehead atoms. The number of nitrogens with zero attached hydrogens (tertiary/aromatic N) is 2. The third kappa shape index (κ3) is 3.87. The lowest BCUT2D eigenvalue weighted by Gasteiger charge is -2.20. The molecule has 2 aliphatic heterocycles. The number of benzene rings is 4. The smallest absolute Gasteiger partial charge is 0.227 e. The second-order valence-electron chi connectivity index (χ2n) is 9.89. The van der Waals surface area contributed by atoms with Crippen LogP contribution < -0.4 is 15.5 Å². The second-order valence-corrected chi connectivity index (χ2v) is 10.2. The van der Waals surface area contributed by atoms with Gasteiger partial charge in [0.25, 0.3) is 0 Å². The van der Waals surface area contributed by atoms with Crippen molar-refractivity contribution in [2.24, 2.45) is 0 Å². The van der Waals surface area contributed by atoms with E-state index in [1.165, 1.54) is 0 Å². The van der Waals surface area contributed by atoms with Crippen LogP contribution in [0.3, 0.4) is 0 Å². The predicted molar refractivity (Wildman–Crippen MR) is 150 cm³/mol. The molecule has 4 aromatic rings. The zero-order valence-corrected chi connectivity index (χ0v) is 21.2. The fourth-order valence-electron chi connectivity index (χ4n) is 6.00. The zero-order chi connectivity index (χ0) is 25.7. The summed E-state index contributed by atoms with van der Waals surface area (Å²) >= 11 is 6.29. The summed E-state index contributed by atoms with van der Waals surface area (Å²) in [6, 6.07) is 19.2. The molecule has 0 saturated carbocycles. The fourth-order valence-corrected chi connectivity index (χ4v) is 6.26. The highest BCUT2D eigenvalue weighted by molar-refractivity contribution is 6.19. The van der Waals surface area contributed by atoms with Gasteiger partial charge in [0, 0.05) is 65.9 Å². The lowest BCUT2D eigenvalue weighted by atomic mass is 9.95. The Labute approximate surface area is 220 Å². The quantitative estimate of drug-likeness (QED) is 0.264. The normalized spacial score (nSPS) is 16.4. The summed E-state index contributed by atoms with van der Waals surface area (Å²) in [4.78, 5) is 30.0. The first-order chi connectivity index (χ1) is 18.0. The molecule has 0 radical (unpaired) electrons. The van der Waals surface area contributed by atoms with Gasteiger partial charge < -0.3 is 20.6 Å². The Hall–Kier alpha value is -3.77. The number of anilines is 3. The number of aromatic hydroxyl groups is 1. The highest BCUT2D eigenvalue weighted by Gasteiger charge is 2.34. The van der Waals surface area contributed by atoms with Crippen molar-refractivity contribution in [1.82, 2.24) is 0 Å². The van der Waals surface area contributed by atoms with E-state index in [0.29, 0.717) is 36.8 Å². The molecule has 6 rings (SSSR count). The standard InChI is InChI=1S/C30H28ClN3O3/c31-16-18-17-34(26-15-27(35)22-8-3-4-9-23(22)30(18)26)29(37)11-5-10-28(36)33-13-12-21-19-6-1-2-7-20(19)24(32)14-25(21)33/h1-4,6-9,14-15,18,35H,5,10-13,16-17,32H2/t18-/m1/s1. The number of phenols is 1. The van der Waals surface area contributed by atoms with E-state index in [1.54, 1.807) is 11.0 Å². The van der Waals surface area contributed by atoms with E-state index in [2.05, 4.69) is 6.07 Å². The number of carbonyl (C=O) groups excluding carboxylic acids is 2. The number of fused-ring (bicyclic) bond motifs is 6. The molecule has 1 atom stereocenters. The first kappa shape index (κ1) is 23.6. The summed E-state index contributed by atoms with van der Waals surface area (Å²) in [6.45, 7) is 1.10. The maximum absolute atomic E-state index is 13.3. The number of rotatable bonds is 5. The van der Waals surface area contributed by atoms with Gasteiger partial charge in [-0.15, -0.1) is 11.6 Å². The van der Waals surface area contributed by atoms with Crippen LogP contribution in [0.15, 0.2) is 60.7 Å². The summed E-state index contributed by atoms with van der Waals surface area (Å²) in [5.74, 6) is 0.473. The maximum atomic E-state index is 13.3. The largest absolute Gasteiger partial charge is 0.507 e. The molecule has 0 saturated heterocycles. The molecule has 2 heterocycles. The van der Waals surface area contributed by atoms with Crippen LogP contribution in [-0.2, 0) is 16.0 Å². The van der Waals surface area contributed by atoms with Crippen molar-refractivity contribution >= 4 is 62.0 Å². The number of amides is 2. The van der Waals surface area contributed by atoms with Gasteiger partial charge in [-0.25, -0.2) is 0 Å². The van der Waals surface area contributed by atoms with Crippen molar-refractivity contribution in [3.05, 3.63) is 71.8 Å². The van der Waals surface area contributed by atoms with Crippen LogP contribution in [0.1, 0.15) is 36.3 Å². The van der Waals surface area contributed by atoms with Crippen LogP contribution in [0.4, 0.5) is 17.1 Å². The fraction of sp³-hybridized carbons (Fsp3) is 0.267. The van der Waals surface area contributed by atoms with Gasteiger partial charge in [-0.05, 0) is 40.8 Å². The highest BCUT2D eigenvalue weighted by atomic mass is 35.5. The average molecular weight is 514 g/mol. The number of hydrogen-bond donors (Lipinski definition) is 2. The van der Waals surface area contributed by atoms with E-state index in [-0.39, 0.29) is 36.3 Å². The van der Waals surface area contributed by atoms with Gasteiger partial charge in [0.1, 0.15) is 5.75 Å². The van der Waals surface area contributed by atoms with Crippen molar-refractivity contribution < 1.29 is 14.7 Å². The third-order valence-corrected chi connectivity index (χ3v) is 8.13. The SMILES string of the molecule is Nc1cc2c(c3ccccc13)CCN2C(=O)CCCC(=O)N1C[C@@H](CCl)c2c1cc(O)c1ccccc21. The van der Waals surface area contributed by atoms with E-state index in [9.17, 15) is 14.7 Å². The minimum Gasteiger partial charge on any atom is -0.507 e.